The van der Waals surface area contributed by atoms with Crippen LogP contribution in [0.5, 0.6) is 0 Å². The Balaban J connectivity index is 5.57. The van der Waals surface area contributed by atoms with E-state index in [0.717, 1.165) is 154 Å². The molecule has 0 aliphatic heterocycles. The molecule has 108 heavy (non-hydrogen) atoms. The van der Waals surface area contributed by atoms with E-state index in [2.05, 4.69) is 62.8 Å². The topological polar surface area (TPSA) is 282 Å². The Hall–Kier alpha value is -2.71. The fourth-order valence-corrected chi connectivity index (χ4v) is 14.8. The lowest BCUT2D eigenvalue weighted by molar-refractivity contribution is -0.151. The molecule has 0 aliphatic rings. The van der Waals surface area contributed by atoms with Gasteiger partial charge in [0.1, 0.15) is 12.2 Å². The van der Waals surface area contributed by atoms with Gasteiger partial charge in [-0.25, -0.2) is 13.9 Å². The van der Waals surface area contributed by atoms with Crippen molar-refractivity contribution in [1.82, 2.24) is 21.3 Å². The minimum absolute atomic E-state index is 0.0299. The SMILES string of the molecule is CCCCCCCCCCCCCCC(=O)N[C@@H](COCC[C@@H](CCCCCCC)OC(=O)CCCCCCCCCCCC)COP(=O)(O)OCCNC(=O)NCCOP(=O)(O)OC[C@@H](COCC[C@@H](CCCCCCC)OC(=O)CCCCCCCCCCC)NC(=O)CCCCCCCCCCCCC. The Kier molecular flexibility index (Phi) is 77.5. The molecule has 21 nitrogen and oxygen atoms in total. The molecule has 6 N–H and O–H groups in total. The van der Waals surface area contributed by atoms with Crippen molar-refractivity contribution in [3.63, 3.8) is 0 Å². The molecular formula is C85H168N4O17P2. The number of carbonyl (C=O) groups excluding carboxylic acids is 5. The maximum Gasteiger partial charge on any atom is 0.472 e. The molecule has 0 fully saturated rings. The maximum atomic E-state index is 13.3. The van der Waals surface area contributed by atoms with Crippen molar-refractivity contribution in [2.45, 2.75) is 451 Å². The molecule has 0 aromatic carbocycles. The zero-order valence-electron chi connectivity index (χ0n) is 70.2. The number of rotatable bonds is 86. The van der Waals surface area contributed by atoms with E-state index in [1.165, 1.54) is 180 Å². The first-order valence-electron chi connectivity index (χ1n) is 44.9. The van der Waals surface area contributed by atoms with Crippen LogP contribution >= 0.6 is 15.6 Å². The molecule has 0 aromatic heterocycles. The van der Waals surface area contributed by atoms with Gasteiger partial charge in [0.25, 0.3) is 0 Å². The van der Waals surface area contributed by atoms with Gasteiger partial charge in [0.05, 0.1) is 64.9 Å². The van der Waals surface area contributed by atoms with E-state index >= 15 is 0 Å². The van der Waals surface area contributed by atoms with Gasteiger partial charge in [0.2, 0.25) is 11.8 Å². The Morgan fingerprint density at radius 2 is 0.528 bits per heavy atom. The van der Waals surface area contributed by atoms with Crippen LogP contribution in [0.25, 0.3) is 0 Å². The van der Waals surface area contributed by atoms with Crippen LogP contribution < -0.4 is 21.3 Å². The summed E-state index contributed by atoms with van der Waals surface area (Å²) in [7, 11) is -9.41. The summed E-state index contributed by atoms with van der Waals surface area (Å²) in [5.41, 5.74) is 0. The standard InChI is InChI=1S/C85H168N4O17P2/c1-7-13-19-25-29-33-36-38-41-44-50-56-62-82(91)89-78(74-100-70-66-80(60-54-48-24-18-12-6)106-84(93)64-58-52-46-42-35-31-27-21-15-9-3)76-104-108(97,98)102-72-68-87-85(94)86-67-71-101-107(95,96)103-75-77(88-81(90)61-55-49-43-40-37-34-30-26-20-14-8-2)73-99-69-65-79(59-53-47-23-17-11-5)105-83(92)63-57-51-45-39-32-28-22-16-10-4/h77-80H,7-76H2,1-6H3,(H,88,90)(H,89,91)(H,95,96)(H,97,98)(H2,86,87,94)/t77-,78+,79-,80-/m1/s1. The molecule has 2 unspecified atom stereocenters. The fourth-order valence-electron chi connectivity index (χ4n) is 13.3. The summed E-state index contributed by atoms with van der Waals surface area (Å²) in [5, 5.41) is 10.9. The second-order valence-electron chi connectivity index (χ2n) is 30.7. The normalized spacial score (nSPS) is 13.9. The Morgan fingerprint density at radius 3 is 0.796 bits per heavy atom. The van der Waals surface area contributed by atoms with Crippen LogP contribution in [0.1, 0.15) is 427 Å². The Morgan fingerprint density at radius 1 is 0.287 bits per heavy atom. The van der Waals surface area contributed by atoms with Crippen LogP contribution in [0, 0.1) is 0 Å². The Labute approximate surface area is 660 Å². The van der Waals surface area contributed by atoms with E-state index in [1.54, 1.807) is 0 Å². The van der Waals surface area contributed by atoms with Crippen molar-refractivity contribution in [3.05, 3.63) is 0 Å². The van der Waals surface area contributed by atoms with Gasteiger partial charge < -0.3 is 50.0 Å². The van der Waals surface area contributed by atoms with E-state index in [-0.39, 0.29) is 88.3 Å². The smallest absolute Gasteiger partial charge is 0.462 e. The van der Waals surface area contributed by atoms with Crippen molar-refractivity contribution >= 4 is 45.4 Å². The molecular weight excluding hydrogens is 1410 g/mol. The van der Waals surface area contributed by atoms with Gasteiger partial charge in [-0.2, -0.15) is 0 Å². The highest BCUT2D eigenvalue weighted by molar-refractivity contribution is 7.47. The minimum atomic E-state index is -4.71. The number of hydrogen-bond acceptors (Lipinski definition) is 15. The number of urea groups is 1. The first-order chi connectivity index (χ1) is 52.5. The predicted octanol–water partition coefficient (Wildman–Crippen LogP) is 22.9. The summed E-state index contributed by atoms with van der Waals surface area (Å²) in [5.74, 6) is -0.842. The molecule has 0 saturated heterocycles. The molecule has 0 aliphatic carbocycles. The number of phosphoric ester groups is 2. The first-order valence-corrected chi connectivity index (χ1v) is 47.9. The molecule has 0 rings (SSSR count). The van der Waals surface area contributed by atoms with Crippen molar-refractivity contribution in [2.24, 2.45) is 0 Å². The summed E-state index contributed by atoms with van der Waals surface area (Å²) in [6.45, 7) is 11.6. The number of phosphoric acid groups is 2. The molecule has 0 radical (unpaired) electrons. The van der Waals surface area contributed by atoms with Gasteiger partial charge in [0, 0.05) is 51.6 Å². The summed E-state index contributed by atoms with van der Waals surface area (Å²) in [6, 6.07) is -2.32. The average Bonchev–Trinajstić information content (AvgIpc) is 0.915. The van der Waals surface area contributed by atoms with Crippen LogP contribution in [0.4, 0.5) is 4.79 Å². The van der Waals surface area contributed by atoms with Gasteiger partial charge in [-0.1, -0.05) is 337 Å². The second kappa shape index (κ2) is 79.5. The zero-order chi connectivity index (χ0) is 79.2. The summed E-state index contributed by atoms with van der Waals surface area (Å²) < 4.78 is 71.8. The van der Waals surface area contributed by atoms with Crippen LogP contribution in [0.2, 0.25) is 0 Å². The fraction of sp³-hybridized carbons (Fsp3) is 0.941. The zero-order valence-corrected chi connectivity index (χ0v) is 72.0. The van der Waals surface area contributed by atoms with E-state index in [9.17, 15) is 42.9 Å². The highest BCUT2D eigenvalue weighted by Gasteiger charge is 2.27. The highest BCUT2D eigenvalue weighted by atomic mass is 31.2. The van der Waals surface area contributed by atoms with Crippen LogP contribution in [-0.4, -0.2) is 130 Å². The van der Waals surface area contributed by atoms with Crippen LogP contribution in [-0.2, 0) is 65.4 Å². The van der Waals surface area contributed by atoms with Gasteiger partial charge in [-0.05, 0) is 51.4 Å². The Bertz CT molecular complexity index is 2140. The predicted molar refractivity (Wildman–Crippen MR) is 441 cm³/mol. The molecule has 0 bridgehead atoms. The van der Waals surface area contributed by atoms with Gasteiger partial charge in [0.15, 0.2) is 0 Å². The molecule has 4 amide bonds. The molecule has 640 valence electrons. The van der Waals surface area contributed by atoms with Gasteiger partial charge in [-0.3, -0.25) is 37.3 Å². The van der Waals surface area contributed by atoms with E-state index in [0.29, 0.717) is 38.5 Å². The van der Waals surface area contributed by atoms with Crippen molar-refractivity contribution in [3.8, 4) is 0 Å². The molecule has 0 saturated carbocycles. The van der Waals surface area contributed by atoms with E-state index < -0.39 is 60.2 Å². The first kappa shape index (κ1) is 105. The third-order valence-corrected chi connectivity index (χ3v) is 22.0. The summed E-state index contributed by atoms with van der Waals surface area (Å²) in [6.07, 6.45) is 62.7. The quantitative estimate of drug-likeness (QED) is 0.0187. The number of esters is 2. The number of carbonyl (C=O) groups is 5. The highest BCUT2D eigenvalue weighted by Crippen LogP contribution is 2.44. The maximum absolute atomic E-state index is 13.3. The number of hydrogen-bond donors (Lipinski definition) is 6. The lowest BCUT2D eigenvalue weighted by atomic mass is 10.0. The molecule has 0 aromatic rings. The largest absolute Gasteiger partial charge is 0.472 e. The molecule has 0 heterocycles. The van der Waals surface area contributed by atoms with Crippen molar-refractivity contribution in [2.75, 3.05) is 65.9 Å². The molecule has 0 spiro atoms. The summed E-state index contributed by atoms with van der Waals surface area (Å²) in [4.78, 5) is 86.9. The molecule has 23 heteroatoms. The minimum Gasteiger partial charge on any atom is -0.462 e. The third-order valence-electron chi connectivity index (χ3n) is 20.0. The third kappa shape index (κ3) is 75.9. The number of unbranched alkanes of at least 4 members (excludes halogenated alkanes) is 46. The van der Waals surface area contributed by atoms with Crippen LogP contribution in [0.15, 0.2) is 0 Å². The summed E-state index contributed by atoms with van der Waals surface area (Å²) >= 11 is 0. The lowest BCUT2D eigenvalue weighted by Crippen LogP contribution is -2.41. The monoisotopic (exact) mass is 1580 g/mol. The van der Waals surface area contributed by atoms with E-state index in [1.807, 2.05) is 0 Å². The van der Waals surface area contributed by atoms with Crippen LogP contribution in [0.3, 0.4) is 0 Å². The number of nitrogens with one attached hydrogen (secondary N) is 4. The van der Waals surface area contributed by atoms with Crippen molar-refractivity contribution in [1.29, 1.82) is 0 Å². The van der Waals surface area contributed by atoms with Gasteiger partial charge >= 0.3 is 33.6 Å². The second-order valence-corrected chi connectivity index (χ2v) is 33.6. The average molecular weight is 1580 g/mol. The lowest BCUT2D eigenvalue weighted by Gasteiger charge is -2.22. The van der Waals surface area contributed by atoms with E-state index in [4.69, 9.17) is 37.0 Å². The number of amides is 4. The number of ether oxygens (including phenoxy) is 4. The molecule has 6 atom stereocenters. The van der Waals surface area contributed by atoms with Crippen molar-refractivity contribution < 1.29 is 79.9 Å². The van der Waals surface area contributed by atoms with Gasteiger partial charge in [-0.15, -0.1) is 0 Å².